The second-order valence-electron chi connectivity index (χ2n) is 3.48. The molecule has 0 aliphatic heterocycles. The van der Waals surface area contributed by atoms with Crippen molar-refractivity contribution in [1.29, 1.82) is 0 Å². The number of hydrogen-bond donors (Lipinski definition) is 1. The van der Waals surface area contributed by atoms with Gasteiger partial charge in [-0.15, -0.1) is 0 Å². The molecule has 0 aliphatic rings. The summed E-state index contributed by atoms with van der Waals surface area (Å²) in [6, 6.07) is 9.79. The molecule has 0 saturated heterocycles. The predicted octanol–water partition coefficient (Wildman–Crippen LogP) is 1.62. The van der Waals surface area contributed by atoms with E-state index in [0.717, 1.165) is 0 Å². The molecule has 78 valence electrons. The van der Waals surface area contributed by atoms with Gasteiger partial charge in [0.25, 0.3) is 0 Å². The Balaban J connectivity index is 2.07. The number of nitrogens with two attached hydrogens (primary N) is 1. The van der Waals surface area contributed by atoms with E-state index in [1.807, 2.05) is 30.3 Å². The van der Waals surface area contributed by atoms with Crippen LogP contribution in [0.25, 0.3) is 0 Å². The molecule has 1 atom stereocenters. The van der Waals surface area contributed by atoms with E-state index in [-0.39, 0.29) is 6.04 Å². The Bertz CT molecular complexity index is 424. The SMILES string of the molecule is Cc1noc([C@H](N)Cc2ccccc2)n1. The van der Waals surface area contributed by atoms with E-state index in [1.54, 1.807) is 6.92 Å². The lowest BCUT2D eigenvalue weighted by atomic mass is 10.1. The molecule has 0 fully saturated rings. The fourth-order valence-electron chi connectivity index (χ4n) is 1.42. The quantitative estimate of drug-likeness (QED) is 0.823. The van der Waals surface area contributed by atoms with Gasteiger partial charge in [-0.2, -0.15) is 4.98 Å². The van der Waals surface area contributed by atoms with Crippen LogP contribution >= 0.6 is 0 Å². The van der Waals surface area contributed by atoms with Crippen molar-refractivity contribution >= 4 is 0 Å². The molecule has 4 heteroatoms. The second-order valence-corrected chi connectivity index (χ2v) is 3.48. The molecule has 1 heterocycles. The number of aryl methyl sites for hydroxylation is 1. The smallest absolute Gasteiger partial charge is 0.243 e. The maximum atomic E-state index is 5.94. The van der Waals surface area contributed by atoms with Crippen LogP contribution in [0.4, 0.5) is 0 Å². The molecule has 1 aromatic carbocycles. The van der Waals surface area contributed by atoms with E-state index < -0.39 is 0 Å². The van der Waals surface area contributed by atoms with Crippen LogP contribution in [0.1, 0.15) is 23.3 Å². The van der Waals surface area contributed by atoms with Crippen LogP contribution in [0, 0.1) is 6.92 Å². The Morgan fingerprint density at radius 1 is 1.33 bits per heavy atom. The van der Waals surface area contributed by atoms with Crippen LogP contribution < -0.4 is 5.73 Å². The Morgan fingerprint density at radius 3 is 2.67 bits per heavy atom. The lowest BCUT2D eigenvalue weighted by Gasteiger charge is -2.05. The molecule has 0 unspecified atom stereocenters. The number of aromatic nitrogens is 2. The molecular weight excluding hydrogens is 190 g/mol. The molecule has 2 rings (SSSR count). The summed E-state index contributed by atoms with van der Waals surface area (Å²) in [6.07, 6.45) is 0.711. The third-order valence-corrected chi connectivity index (χ3v) is 2.16. The van der Waals surface area contributed by atoms with E-state index >= 15 is 0 Å². The van der Waals surface area contributed by atoms with Crippen LogP contribution in [-0.4, -0.2) is 10.1 Å². The van der Waals surface area contributed by atoms with Gasteiger partial charge in [0.05, 0.1) is 6.04 Å². The van der Waals surface area contributed by atoms with Gasteiger partial charge in [-0.1, -0.05) is 35.5 Å². The lowest BCUT2D eigenvalue weighted by Crippen LogP contribution is -2.13. The second kappa shape index (κ2) is 4.23. The van der Waals surface area contributed by atoms with Crippen molar-refractivity contribution in [2.45, 2.75) is 19.4 Å². The van der Waals surface area contributed by atoms with Crippen molar-refractivity contribution < 1.29 is 4.52 Å². The zero-order valence-corrected chi connectivity index (χ0v) is 8.55. The first-order valence-corrected chi connectivity index (χ1v) is 4.85. The number of hydrogen-bond acceptors (Lipinski definition) is 4. The zero-order chi connectivity index (χ0) is 10.7. The van der Waals surface area contributed by atoms with Crippen LogP contribution in [0.5, 0.6) is 0 Å². The van der Waals surface area contributed by atoms with Gasteiger partial charge < -0.3 is 10.3 Å². The maximum absolute atomic E-state index is 5.94. The minimum atomic E-state index is -0.228. The average Bonchev–Trinajstić information content (AvgIpc) is 2.66. The van der Waals surface area contributed by atoms with E-state index in [2.05, 4.69) is 10.1 Å². The first-order valence-electron chi connectivity index (χ1n) is 4.85. The highest BCUT2D eigenvalue weighted by Gasteiger charge is 2.13. The van der Waals surface area contributed by atoms with Gasteiger partial charge in [0.2, 0.25) is 5.89 Å². The van der Waals surface area contributed by atoms with Crippen LogP contribution in [0.2, 0.25) is 0 Å². The summed E-state index contributed by atoms with van der Waals surface area (Å²) in [5, 5.41) is 3.71. The number of benzene rings is 1. The third kappa shape index (κ3) is 2.41. The van der Waals surface area contributed by atoms with Crippen molar-refractivity contribution in [2.24, 2.45) is 5.73 Å². The van der Waals surface area contributed by atoms with Gasteiger partial charge in [0.1, 0.15) is 0 Å². The average molecular weight is 203 g/mol. The zero-order valence-electron chi connectivity index (χ0n) is 8.55. The highest BCUT2D eigenvalue weighted by Crippen LogP contribution is 2.13. The fourth-order valence-corrected chi connectivity index (χ4v) is 1.42. The summed E-state index contributed by atoms with van der Waals surface area (Å²) in [6.45, 7) is 1.78. The molecule has 15 heavy (non-hydrogen) atoms. The molecule has 2 N–H and O–H groups in total. The fraction of sp³-hybridized carbons (Fsp3) is 0.273. The van der Waals surface area contributed by atoms with Crippen molar-refractivity contribution in [3.63, 3.8) is 0 Å². The minimum absolute atomic E-state index is 0.228. The van der Waals surface area contributed by atoms with Gasteiger partial charge >= 0.3 is 0 Å². The van der Waals surface area contributed by atoms with Gasteiger partial charge in [-0.05, 0) is 18.9 Å². The van der Waals surface area contributed by atoms with Crippen LogP contribution in [0.15, 0.2) is 34.9 Å². The van der Waals surface area contributed by atoms with Gasteiger partial charge in [0, 0.05) is 0 Å². The first-order chi connectivity index (χ1) is 7.25. The van der Waals surface area contributed by atoms with E-state index in [1.165, 1.54) is 5.56 Å². The highest BCUT2D eigenvalue weighted by molar-refractivity contribution is 5.16. The molecule has 0 aliphatic carbocycles. The van der Waals surface area contributed by atoms with Gasteiger partial charge in [0.15, 0.2) is 5.82 Å². The Labute approximate surface area is 88.1 Å². The molecule has 0 bridgehead atoms. The van der Waals surface area contributed by atoms with E-state index in [9.17, 15) is 0 Å². The lowest BCUT2D eigenvalue weighted by molar-refractivity contribution is 0.351. The molecule has 1 aromatic heterocycles. The first kappa shape index (κ1) is 9.86. The van der Waals surface area contributed by atoms with Crippen LogP contribution in [-0.2, 0) is 6.42 Å². The summed E-state index contributed by atoms with van der Waals surface area (Å²) in [5.41, 5.74) is 7.11. The maximum Gasteiger partial charge on any atom is 0.243 e. The topological polar surface area (TPSA) is 64.9 Å². The number of nitrogens with zero attached hydrogens (tertiary/aromatic N) is 2. The summed E-state index contributed by atoms with van der Waals surface area (Å²) in [7, 11) is 0. The monoisotopic (exact) mass is 203 g/mol. The van der Waals surface area contributed by atoms with Gasteiger partial charge in [-0.25, -0.2) is 0 Å². The number of rotatable bonds is 3. The van der Waals surface area contributed by atoms with Crippen molar-refractivity contribution in [1.82, 2.24) is 10.1 Å². The standard InChI is InChI=1S/C11H13N3O/c1-8-13-11(15-14-8)10(12)7-9-5-3-2-4-6-9/h2-6,10H,7,12H2,1H3/t10-/m1/s1. The predicted molar refractivity (Wildman–Crippen MR) is 56.1 cm³/mol. The van der Waals surface area contributed by atoms with Gasteiger partial charge in [-0.3, -0.25) is 0 Å². The van der Waals surface area contributed by atoms with Crippen molar-refractivity contribution in [3.05, 3.63) is 47.6 Å². The molecule has 0 saturated carbocycles. The Hall–Kier alpha value is -1.68. The summed E-state index contributed by atoms with van der Waals surface area (Å²) in [4.78, 5) is 4.10. The molecule has 2 aromatic rings. The molecular formula is C11H13N3O. The Morgan fingerprint density at radius 2 is 2.07 bits per heavy atom. The van der Waals surface area contributed by atoms with Crippen molar-refractivity contribution in [3.8, 4) is 0 Å². The summed E-state index contributed by atoms with van der Waals surface area (Å²) < 4.78 is 5.01. The van der Waals surface area contributed by atoms with E-state index in [0.29, 0.717) is 18.1 Å². The van der Waals surface area contributed by atoms with Crippen LogP contribution in [0.3, 0.4) is 0 Å². The molecule has 0 spiro atoms. The minimum Gasteiger partial charge on any atom is -0.338 e. The third-order valence-electron chi connectivity index (χ3n) is 2.16. The van der Waals surface area contributed by atoms with E-state index in [4.69, 9.17) is 10.3 Å². The largest absolute Gasteiger partial charge is 0.338 e. The normalized spacial score (nSPS) is 12.7. The van der Waals surface area contributed by atoms with Crippen molar-refractivity contribution in [2.75, 3.05) is 0 Å². The summed E-state index contributed by atoms with van der Waals surface area (Å²) >= 11 is 0. The Kier molecular flexibility index (Phi) is 2.78. The molecule has 4 nitrogen and oxygen atoms in total. The summed E-state index contributed by atoms with van der Waals surface area (Å²) in [5.74, 6) is 1.12. The highest BCUT2D eigenvalue weighted by atomic mass is 16.5. The molecule has 0 radical (unpaired) electrons. The molecule has 0 amide bonds.